The van der Waals surface area contributed by atoms with Crippen molar-refractivity contribution in [2.45, 2.75) is 76.9 Å². The van der Waals surface area contributed by atoms with Crippen LogP contribution in [0.5, 0.6) is 0 Å². The predicted molar refractivity (Wildman–Crippen MR) is 56.9 cm³/mol. The highest BCUT2D eigenvalue weighted by molar-refractivity contribution is 4.95. The summed E-state index contributed by atoms with van der Waals surface area (Å²) in [6.07, 6.45) is 8.73. The van der Waals surface area contributed by atoms with Crippen LogP contribution in [0.4, 0.5) is 0 Å². The van der Waals surface area contributed by atoms with Gasteiger partial charge in [0.25, 0.3) is 0 Å². The molecule has 0 aromatic rings. The van der Waals surface area contributed by atoms with Crippen LogP contribution in [-0.2, 0) is 0 Å². The van der Waals surface area contributed by atoms with Gasteiger partial charge in [0.15, 0.2) is 0 Å². The highest BCUT2D eigenvalue weighted by atomic mass is 15.3. The lowest BCUT2D eigenvalue weighted by atomic mass is 9.81. The third kappa shape index (κ3) is 1.76. The van der Waals surface area contributed by atoms with Crippen LogP contribution in [0.25, 0.3) is 0 Å². The summed E-state index contributed by atoms with van der Waals surface area (Å²) >= 11 is 0. The molecule has 13 heavy (non-hydrogen) atoms. The Labute approximate surface area is 82.5 Å². The molecular weight excluding hydrogens is 158 g/mol. The molecule has 0 saturated heterocycles. The summed E-state index contributed by atoms with van der Waals surface area (Å²) in [7, 11) is 0. The number of hydrogen-bond acceptors (Lipinski definition) is 1. The summed E-state index contributed by atoms with van der Waals surface area (Å²) in [5, 5.41) is 0. The van der Waals surface area contributed by atoms with Crippen molar-refractivity contribution in [3.63, 3.8) is 0 Å². The van der Waals surface area contributed by atoms with Gasteiger partial charge in [-0.15, -0.1) is 0 Å². The molecule has 2 aliphatic rings. The Morgan fingerprint density at radius 3 is 1.38 bits per heavy atom. The van der Waals surface area contributed by atoms with E-state index in [2.05, 4.69) is 25.7 Å². The average Bonchev–Trinajstić information content (AvgIpc) is 1.75. The average molecular weight is 181 g/mol. The quantitative estimate of drug-likeness (QED) is 0.632. The summed E-state index contributed by atoms with van der Waals surface area (Å²) in [5.74, 6) is 0. The van der Waals surface area contributed by atoms with Gasteiger partial charge in [-0.3, -0.25) is 4.90 Å². The second-order valence-corrected chi connectivity index (χ2v) is 5.75. The molecule has 2 aliphatic carbocycles. The van der Waals surface area contributed by atoms with Crippen molar-refractivity contribution < 1.29 is 0 Å². The smallest absolute Gasteiger partial charge is 0.0130 e. The van der Waals surface area contributed by atoms with Crippen molar-refractivity contribution >= 4 is 0 Å². The zero-order chi connectivity index (χ0) is 9.47. The van der Waals surface area contributed by atoms with Gasteiger partial charge in [0.1, 0.15) is 0 Å². The molecule has 76 valence electrons. The van der Waals surface area contributed by atoms with E-state index in [4.69, 9.17) is 0 Å². The van der Waals surface area contributed by atoms with Crippen molar-refractivity contribution in [2.24, 2.45) is 0 Å². The van der Waals surface area contributed by atoms with Crippen LogP contribution in [0.1, 0.15) is 59.3 Å². The highest BCUT2D eigenvalue weighted by Gasteiger charge is 2.39. The van der Waals surface area contributed by atoms with Crippen LogP contribution in [0.3, 0.4) is 0 Å². The largest absolute Gasteiger partial charge is 0.293 e. The van der Waals surface area contributed by atoms with E-state index in [0.29, 0.717) is 5.54 Å². The van der Waals surface area contributed by atoms with Gasteiger partial charge in [-0.1, -0.05) is 12.8 Å². The minimum absolute atomic E-state index is 0.399. The first-order valence-electron chi connectivity index (χ1n) is 5.87. The van der Waals surface area contributed by atoms with E-state index in [9.17, 15) is 0 Å². The van der Waals surface area contributed by atoms with E-state index in [1.54, 1.807) is 0 Å². The number of hydrogen-bond donors (Lipinski definition) is 0. The molecule has 0 spiro atoms. The second kappa shape index (κ2) is 3.27. The Hall–Kier alpha value is -0.0400. The summed E-state index contributed by atoms with van der Waals surface area (Å²) in [6, 6.07) is 1.84. The molecule has 0 radical (unpaired) electrons. The molecule has 2 fully saturated rings. The molecule has 0 aromatic heterocycles. The maximum Gasteiger partial charge on any atom is 0.0130 e. The van der Waals surface area contributed by atoms with Crippen LogP contribution in [-0.4, -0.2) is 22.5 Å². The van der Waals surface area contributed by atoms with E-state index in [-0.39, 0.29) is 0 Å². The fourth-order valence-corrected chi connectivity index (χ4v) is 2.72. The monoisotopic (exact) mass is 181 g/mol. The van der Waals surface area contributed by atoms with Gasteiger partial charge < -0.3 is 0 Å². The van der Waals surface area contributed by atoms with Gasteiger partial charge in [-0.2, -0.15) is 0 Å². The lowest BCUT2D eigenvalue weighted by molar-refractivity contribution is -0.0299. The molecule has 0 N–H and O–H groups in total. The van der Waals surface area contributed by atoms with Gasteiger partial charge >= 0.3 is 0 Å². The number of nitrogens with zero attached hydrogens (tertiary/aromatic N) is 1. The van der Waals surface area contributed by atoms with E-state index in [0.717, 1.165) is 12.1 Å². The lowest BCUT2D eigenvalue weighted by Gasteiger charge is -2.53. The molecule has 0 amide bonds. The van der Waals surface area contributed by atoms with Crippen molar-refractivity contribution in [3.05, 3.63) is 0 Å². The predicted octanol–water partition coefficient (Wildman–Crippen LogP) is 3.19. The molecular formula is C12H23N. The number of rotatable bonds is 2. The Bertz CT molecular complexity index is 158. The lowest BCUT2D eigenvalue weighted by Crippen LogP contribution is -2.57. The van der Waals surface area contributed by atoms with Gasteiger partial charge in [-0.05, 0) is 46.5 Å². The normalized spacial score (nSPS) is 25.8. The molecule has 0 atom stereocenters. The fourth-order valence-electron chi connectivity index (χ4n) is 2.72. The molecule has 2 rings (SSSR count). The zero-order valence-electron chi connectivity index (χ0n) is 9.34. The minimum Gasteiger partial charge on any atom is -0.293 e. The van der Waals surface area contributed by atoms with Crippen molar-refractivity contribution in [3.8, 4) is 0 Å². The highest BCUT2D eigenvalue weighted by Crippen LogP contribution is 2.38. The summed E-state index contributed by atoms with van der Waals surface area (Å²) in [5.41, 5.74) is 0.399. The third-order valence-corrected chi connectivity index (χ3v) is 3.71. The molecule has 1 heteroatoms. The van der Waals surface area contributed by atoms with Crippen LogP contribution in [0.2, 0.25) is 0 Å². The maximum absolute atomic E-state index is 2.81. The van der Waals surface area contributed by atoms with Crippen molar-refractivity contribution in [1.29, 1.82) is 0 Å². The summed E-state index contributed by atoms with van der Waals surface area (Å²) < 4.78 is 0. The first-order valence-corrected chi connectivity index (χ1v) is 5.87. The van der Waals surface area contributed by atoms with Crippen LogP contribution < -0.4 is 0 Å². The third-order valence-electron chi connectivity index (χ3n) is 3.71. The molecule has 0 aliphatic heterocycles. The fraction of sp³-hybridized carbons (Fsp3) is 1.00. The molecule has 0 bridgehead atoms. The molecule has 1 nitrogen and oxygen atoms in total. The van der Waals surface area contributed by atoms with Crippen molar-refractivity contribution in [2.75, 3.05) is 0 Å². The Kier molecular flexibility index (Phi) is 2.39. The maximum atomic E-state index is 2.81. The Morgan fingerprint density at radius 1 is 0.846 bits per heavy atom. The van der Waals surface area contributed by atoms with Crippen LogP contribution >= 0.6 is 0 Å². The van der Waals surface area contributed by atoms with Crippen LogP contribution in [0.15, 0.2) is 0 Å². The molecule has 2 saturated carbocycles. The standard InChI is InChI=1S/C12H23N/c1-12(2,3)13(10-6-4-7-10)11-8-5-9-11/h10-11H,4-9H2,1-3H3. The van der Waals surface area contributed by atoms with E-state index >= 15 is 0 Å². The molecule has 0 heterocycles. The first kappa shape index (κ1) is 9.51. The zero-order valence-corrected chi connectivity index (χ0v) is 9.34. The summed E-state index contributed by atoms with van der Waals surface area (Å²) in [6.45, 7) is 7.14. The molecule has 0 unspecified atom stereocenters. The summed E-state index contributed by atoms with van der Waals surface area (Å²) in [4.78, 5) is 2.81. The second-order valence-electron chi connectivity index (χ2n) is 5.75. The first-order chi connectivity index (χ1) is 6.09. The van der Waals surface area contributed by atoms with E-state index in [1.807, 2.05) is 0 Å². The topological polar surface area (TPSA) is 3.24 Å². The Morgan fingerprint density at radius 2 is 1.23 bits per heavy atom. The molecule has 0 aromatic carbocycles. The minimum atomic E-state index is 0.399. The van der Waals surface area contributed by atoms with Gasteiger partial charge in [0.05, 0.1) is 0 Å². The Balaban J connectivity index is 2.01. The van der Waals surface area contributed by atoms with E-state index in [1.165, 1.54) is 38.5 Å². The SMILES string of the molecule is CC(C)(C)N(C1CCC1)C1CCC1. The van der Waals surface area contributed by atoms with Gasteiger partial charge in [0, 0.05) is 17.6 Å². The van der Waals surface area contributed by atoms with Gasteiger partial charge in [0.2, 0.25) is 0 Å². The van der Waals surface area contributed by atoms with Crippen LogP contribution in [0, 0.1) is 0 Å². The van der Waals surface area contributed by atoms with Gasteiger partial charge in [-0.25, -0.2) is 0 Å². The van der Waals surface area contributed by atoms with E-state index < -0.39 is 0 Å². The van der Waals surface area contributed by atoms with Crippen molar-refractivity contribution in [1.82, 2.24) is 4.90 Å².